The number of aliphatic carboxylic acids is 1. The Hall–Kier alpha value is -3.75. The van der Waals surface area contributed by atoms with Crippen LogP contribution in [0.2, 0.25) is 0 Å². The third-order valence-electron chi connectivity index (χ3n) is 3.50. The Labute approximate surface area is 211 Å². The summed E-state index contributed by atoms with van der Waals surface area (Å²) < 4.78 is 50.7. The highest BCUT2D eigenvalue weighted by atomic mass is 32.2. The van der Waals surface area contributed by atoms with Crippen molar-refractivity contribution >= 4 is 69.6 Å². The van der Waals surface area contributed by atoms with E-state index in [1.54, 1.807) is 0 Å². The Balaban J connectivity index is 0. The largest absolute Gasteiger partial charge is 0.481 e. The number of imide groups is 2. The molecule has 0 radical (unpaired) electrons. The van der Waals surface area contributed by atoms with Gasteiger partial charge in [-0.15, -0.1) is 25.3 Å². The van der Waals surface area contributed by atoms with Crippen molar-refractivity contribution < 1.29 is 64.0 Å². The number of amides is 4. The van der Waals surface area contributed by atoms with Crippen LogP contribution in [0, 0.1) is 0 Å². The van der Waals surface area contributed by atoms with Crippen LogP contribution in [0.5, 0.6) is 0 Å². The molecule has 2 aliphatic heterocycles. The number of rotatable bonds is 9. The van der Waals surface area contributed by atoms with Gasteiger partial charge in [0.05, 0.1) is 0 Å². The van der Waals surface area contributed by atoms with Crippen molar-refractivity contribution in [1.29, 1.82) is 0 Å². The molecule has 0 atom stereocenters. The van der Waals surface area contributed by atoms with E-state index in [-0.39, 0.29) is 49.6 Å². The van der Waals surface area contributed by atoms with Gasteiger partial charge in [0, 0.05) is 50.2 Å². The number of hydrogen-bond donors (Lipinski definition) is 3. The predicted molar refractivity (Wildman–Crippen MR) is 115 cm³/mol. The Bertz CT molecular complexity index is 1030. The summed E-state index contributed by atoms with van der Waals surface area (Å²) in [5.41, 5.74) is 0. The van der Waals surface area contributed by atoms with E-state index < -0.39 is 33.2 Å². The summed E-state index contributed by atoms with van der Waals surface area (Å²) in [4.78, 5) is 73.3. The van der Waals surface area contributed by atoms with Crippen LogP contribution in [0.15, 0.2) is 24.3 Å². The molecule has 0 aromatic carbocycles. The van der Waals surface area contributed by atoms with E-state index in [9.17, 15) is 28.8 Å². The Morgan fingerprint density at radius 1 is 0.750 bits per heavy atom. The second kappa shape index (κ2) is 19.5. The maximum absolute atomic E-state index is 11.1. The van der Waals surface area contributed by atoms with Gasteiger partial charge in [-0.2, -0.15) is 0 Å². The Morgan fingerprint density at radius 2 is 1.06 bits per heavy atom. The van der Waals surface area contributed by atoms with Crippen LogP contribution in [-0.4, -0.2) is 88.8 Å². The normalized spacial score (nSPS) is 13.1. The zero-order valence-corrected chi connectivity index (χ0v) is 20.5. The molecule has 0 fully saturated rings. The lowest BCUT2D eigenvalue weighted by Crippen LogP contribution is -2.31. The second-order valence-corrected chi connectivity index (χ2v) is 6.90. The minimum Gasteiger partial charge on any atom is -0.481 e. The summed E-state index contributed by atoms with van der Waals surface area (Å²) in [6.07, 6.45) is 5.53. The molecule has 20 heteroatoms. The van der Waals surface area contributed by atoms with Gasteiger partial charge in [0.25, 0.3) is 23.6 Å². The molecule has 4 amide bonds. The van der Waals surface area contributed by atoms with Gasteiger partial charge in [-0.3, -0.25) is 38.6 Å². The van der Waals surface area contributed by atoms with Crippen LogP contribution in [0.25, 0.3) is 0 Å². The predicted octanol–water partition coefficient (Wildman–Crippen LogP) is -2.65. The number of carbonyl (C=O) groups is 6. The molecule has 36 heavy (non-hydrogen) atoms. The number of hydrogen-bond acceptors (Lipinski definition) is 15. The van der Waals surface area contributed by atoms with Crippen molar-refractivity contribution in [2.75, 3.05) is 13.1 Å². The molecule has 200 valence electrons. The van der Waals surface area contributed by atoms with Crippen LogP contribution in [0.3, 0.4) is 0 Å². The Morgan fingerprint density at radius 3 is 1.33 bits per heavy atom. The minimum absolute atomic E-state index is 0.0307. The smallest absolute Gasteiger partial charge is 0.425 e. The first-order valence-electron chi connectivity index (χ1n) is 9.14. The summed E-state index contributed by atoms with van der Waals surface area (Å²) in [7, 11) is -6.22. The molecule has 0 spiro atoms. The standard InChI is InChI=1S/C8H10N2O4S.C8H9NO4.2O3S/c11-6-3-4-7(12)10(6)5-1-2-8(13)14-9-15;10-6-3-4-7(11)9(6)5-1-2-8(12)13;2*1-4(2)3/h3-4,9,15H,1-2,5H2;3-4H,1-2,5H2,(H,12,13);;. The summed E-state index contributed by atoms with van der Waals surface area (Å²) in [6.45, 7) is 0.392. The van der Waals surface area contributed by atoms with Crippen molar-refractivity contribution in [2.45, 2.75) is 25.7 Å². The van der Waals surface area contributed by atoms with Gasteiger partial charge < -0.3 is 9.94 Å². The number of thiol groups is 1. The molecule has 17 nitrogen and oxygen atoms in total. The molecule has 2 N–H and O–H groups in total. The van der Waals surface area contributed by atoms with Gasteiger partial charge in [-0.05, 0) is 12.8 Å². The van der Waals surface area contributed by atoms with Gasteiger partial charge in [-0.25, -0.2) is 0 Å². The zero-order chi connectivity index (χ0) is 28.3. The number of nitrogens with one attached hydrogen (secondary N) is 1. The van der Waals surface area contributed by atoms with Gasteiger partial charge in [0.1, 0.15) is 0 Å². The first kappa shape index (κ1) is 34.4. The second-order valence-electron chi connectivity index (χ2n) is 5.90. The summed E-state index contributed by atoms with van der Waals surface area (Å²) in [5.74, 6) is -2.84. The quantitative estimate of drug-likeness (QED) is 0.145. The fourth-order valence-corrected chi connectivity index (χ4v) is 2.28. The fourth-order valence-electron chi connectivity index (χ4n) is 2.17. The Kier molecular flexibility index (Phi) is 18.7. The molecule has 2 heterocycles. The lowest BCUT2D eigenvalue weighted by Gasteiger charge is -2.12. The highest BCUT2D eigenvalue weighted by molar-refractivity contribution is 7.77. The highest BCUT2D eigenvalue weighted by Gasteiger charge is 2.23. The van der Waals surface area contributed by atoms with Crippen LogP contribution < -0.4 is 4.89 Å². The van der Waals surface area contributed by atoms with Crippen LogP contribution >= 0.6 is 12.8 Å². The maximum atomic E-state index is 11.1. The summed E-state index contributed by atoms with van der Waals surface area (Å²) >= 11 is 3.48. The maximum Gasteiger partial charge on any atom is 0.425 e. The van der Waals surface area contributed by atoms with E-state index in [0.717, 1.165) is 9.80 Å². The van der Waals surface area contributed by atoms with E-state index in [1.807, 2.05) is 4.89 Å². The molecule has 0 bridgehead atoms. The summed E-state index contributed by atoms with van der Waals surface area (Å²) in [5, 5.41) is 8.32. The van der Waals surface area contributed by atoms with Crippen molar-refractivity contribution in [1.82, 2.24) is 14.7 Å². The van der Waals surface area contributed by atoms with Gasteiger partial charge in [-0.1, -0.05) is 17.7 Å². The first-order valence-corrected chi connectivity index (χ1v) is 11.6. The van der Waals surface area contributed by atoms with E-state index in [4.69, 9.17) is 30.4 Å². The molecular formula is C16H19N3O14S3. The van der Waals surface area contributed by atoms with E-state index in [2.05, 4.69) is 17.7 Å². The average molecular weight is 574 g/mol. The third kappa shape index (κ3) is 18.7. The molecule has 0 aliphatic carbocycles. The summed E-state index contributed by atoms with van der Waals surface area (Å²) in [6, 6.07) is 0. The van der Waals surface area contributed by atoms with Gasteiger partial charge in [0.15, 0.2) is 0 Å². The van der Waals surface area contributed by atoms with Crippen LogP contribution in [-0.2, 0) is 54.8 Å². The van der Waals surface area contributed by atoms with E-state index in [1.165, 1.54) is 24.3 Å². The fraction of sp³-hybridized carbons (Fsp3) is 0.375. The molecule has 0 saturated heterocycles. The van der Waals surface area contributed by atoms with E-state index in [0.29, 0.717) is 12.8 Å². The van der Waals surface area contributed by atoms with Gasteiger partial charge in [0.2, 0.25) is 0 Å². The first-order chi connectivity index (χ1) is 16.7. The molecule has 0 aromatic heterocycles. The van der Waals surface area contributed by atoms with Crippen molar-refractivity contribution in [3.05, 3.63) is 24.3 Å². The molecule has 2 rings (SSSR count). The number of carboxylic acids is 1. The van der Waals surface area contributed by atoms with Crippen molar-refractivity contribution in [3.8, 4) is 0 Å². The van der Waals surface area contributed by atoms with E-state index >= 15 is 0 Å². The zero-order valence-electron chi connectivity index (χ0n) is 18.0. The molecule has 0 saturated carbocycles. The molecule has 2 aliphatic rings. The number of carboxylic acid groups (broad SMARTS) is 1. The lowest BCUT2D eigenvalue weighted by atomic mass is 10.3. The highest BCUT2D eigenvalue weighted by Crippen LogP contribution is 2.06. The lowest BCUT2D eigenvalue weighted by molar-refractivity contribution is -0.147. The molecule has 0 unspecified atom stereocenters. The molecule has 0 aromatic rings. The molecular weight excluding hydrogens is 554 g/mol. The van der Waals surface area contributed by atoms with Crippen LogP contribution in [0.4, 0.5) is 0 Å². The third-order valence-corrected chi connectivity index (χ3v) is 3.59. The number of nitrogens with zero attached hydrogens (tertiary/aromatic N) is 2. The average Bonchev–Trinajstić information content (AvgIpc) is 3.23. The van der Waals surface area contributed by atoms with Crippen LogP contribution in [0.1, 0.15) is 25.7 Å². The topological polar surface area (TPSA) is 253 Å². The monoisotopic (exact) mass is 573 g/mol. The van der Waals surface area contributed by atoms with Gasteiger partial charge >= 0.3 is 33.2 Å². The van der Waals surface area contributed by atoms with Crippen molar-refractivity contribution in [3.63, 3.8) is 0 Å². The SMILES string of the molecule is O=C(CCCN1C(=O)C=CC1=O)ONS.O=C(O)CCCN1C(=O)C=CC1=O.O=S(=O)=O.O=S(=O)=O. The minimum atomic E-state index is -3.11. The van der Waals surface area contributed by atoms with Crippen molar-refractivity contribution in [2.24, 2.45) is 0 Å². The number of carbonyl (C=O) groups excluding carboxylic acids is 5.